The first-order chi connectivity index (χ1) is 16.3. The van der Waals surface area contributed by atoms with E-state index in [1.54, 1.807) is 0 Å². The minimum absolute atomic E-state index is 5.18. The normalized spacial score (nSPS) is 17.4. The molecule has 0 aliphatic carbocycles. The highest BCUT2D eigenvalue weighted by Crippen LogP contribution is 2.66. The Kier molecular flexibility index (Phi) is 8.50. The van der Waals surface area contributed by atoms with Gasteiger partial charge in [-0.2, -0.15) is 105 Å². The quantitative estimate of drug-likeness (QED) is 0.238. The van der Waals surface area contributed by atoms with Gasteiger partial charge < -0.3 is 5.11 Å². The Morgan fingerprint density at radius 3 is 0.718 bits per heavy atom. The molecule has 0 bridgehead atoms. The second-order valence-electron chi connectivity index (χ2n) is 6.84. The summed E-state index contributed by atoms with van der Waals surface area (Å²) in [4.78, 5) is 0. The molecule has 0 aliphatic heterocycles. The Balaban J connectivity index is 7.31. The standard InChI is InChI=1S/C13HF25O/c14-1(2(15)4(18,19)20)3(16,17)5(21,22)6(23,24)7(25,26)8(27,28)9(29,30)10(31,32)11(33,34)12(35,36)13(37,38)39/h39H. The first kappa shape index (κ1) is 36.9. The zero-order valence-electron chi connectivity index (χ0n) is 16.4. The van der Waals surface area contributed by atoms with E-state index in [9.17, 15) is 110 Å². The molecule has 0 saturated heterocycles. The average molecular weight is 648 g/mol. The van der Waals surface area contributed by atoms with Crippen molar-refractivity contribution in [2.24, 2.45) is 0 Å². The molecule has 0 aromatic carbocycles. The molecule has 0 amide bonds. The topological polar surface area (TPSA) is 20.2 Å². The molecule has 0 fully saturated rings. The molecular formula is C13HF25O. The minimum atomic E-state index is -9.53. The summed E-state index contributed by atoms with van der Waals surface area (Å²) < 4.78 is 323. The third kappa shape index (κ3) is 4.60. The van der Waals surface area contributed by atoms with E-state index in [0.29, 0.717) is 0 Å². The molecule has 26 heteroatoms. The fourth-order valence-corrected chi connectivity index (χ4v) is 1.97. The van der Waals surface area contributed by atoms with Crippen LogP contribution >= 0.6 is 0 Å². The summed E-state index contributed by atoms with van der Waals surface area (Å²) in [5, 5.41) is 7.42. The van der Waals surface area contributed by atoms with E-state index in [-0.39, 0.29) is 0 Å². The number of hydrogen-bond donors (Lipinski definition) is 1. The van der Waals surface area contributed by atoms with E-state index in [4.69, 9.17) is 5.11 Å². The monoisotopic (exact) mass is 648 g/mol. The number of halogens is 25. The first-order valence-corrected chi connectivity index (χ1v) is 7.95. The molecule has 0 unspecified atom stereocenters. The van der Waals surface area contributed by atoms with E-state index in [0.717, 1.165) is 0 Å². The van der Waals surface area contributed by atoms with Crippen LogP contribution in [-0.4, -0.2) is 70.7 Å². The SMILES string of the molecule is OC(F)(F)C(F)(F)C(F)(F)C(F)(F)C(F)(F)C(F)(F)C(F)(F)C(F)(F)C(F)(F)C(F)(F)C(F)=C(F)C(F)(F)F. The number of alkyl halides is 23. The van der Waals surface area contributed by atoms with Crippen molar-refractivity contribution >= 4 is 0 Å². The van der Waals surface area contributed by atoms with Gasteiger partial charge in [0, 0.05) is 0 Å². The lowest BCUT2D eigenvalue weighted by Crippen LogP contribution is -2.77. The molecule has 39 heavy (non-hydrogen) atoms. The summed E-state index contributed by atoms with van der Waals surface area (Å²) >= 11 is 0. The lowest BCUT2D eigenvalue weighted by atomic mass is 9.86. The summed E-state index contributed by atoms with van der Waals surface area (Å²) in [5.41, 5.74) is 0. The maximum absolute atomic E-state index is 13.4. The summed E-state index contributed by atoms with van der Waals surface area (Å²) in [6.45, 7) is 0. The maximum atomic E-state index is 13.4. The van der Waals surface area contributed by atoms with Crippen LogP contribution in [-0.2, 0) is 0 Å². The maximum Gasteiger partial charge on any atom is 0.445 e. The Morgan fingerprint density at radius 2 is 0.513 bits per heavy atom. The van der Waals surface area contributed by atoms with Gasteiger partial charge in [-0.05, 0) is 0 Å². The fourth-order valence-electron chi connectivity index (χ4n) is 1.97. The van der Waals surface area contributed by atoms with Crippen molar-refractivity contribution in [2.45, 2.75) is 65.6 Å². The molecule has 0 radical (unpaired) electrons. The summed E-state index contributed by atoms with van der Waals surface area (Å²) in [5.74, 6) is -92.7. The van der Waals surface area contributed by atoms with Gasteiger partial charge in [0.25, 0.3) is 0 Å². The number of hydrogen-bond acceptors (Lipinski definition) is 1. The Hall–Kier alpha value is -2.05. The van der Waals surface area contributed by atoms with Crippen LogP contribution in [0.15, 0.2) is 11.7 Å². The molecule has 0 aromatic rings. The zero-order chi connectivity index (χ0) is 32.7. The number of allylic oxidation sites excluding steroid dienone is 2. The summed E-state index contributed by atoms with van der Waals surface area (Å²) in [6.07, 6.45) is -14.9. The van der Waals surface area contributed by atoms with Crippen molar-refractivity contribution in [2.75, 3.05) is 0 Å². The Morgan fingerprint density at radius 1 is 0.308 bits per heavy atom. The summed E-state index contributed by atoms with van der Waals surface area (Å²) in [6, 6.07) is 0. The molecule has 0 aromatic heterocycles. The average Bonchev–Trinajstić information content (AvgIpc) is 2.69. The number of rotatable bonds is 10. The Labute approximate surface area is 193 Å². The van der Waals surface area contributed by atoms with Gasteiger partial charge in [0.05, 0.1) is 0 Å². The van der Waals surface area contributed by atoms with E-state index in [1.807, 2.05) is 0 Å². The lowest BCUT2D eigenvalue weighted by Gasteiger charge is -2.44. The van der Waals surface area contributed by atoms with Crippen LogP contribution < -0.4 is 0 Å². The zero-order valence-corrected chi connectivity index (χ0v) is 16.4. The van der Waals surface area contributed by atoms with Gasteiger partial charge in [0.2, 0.25) is 11.7 Å². The summed E-state index contributed by atoms with van der Waals surface area (Å²) in [7, 11) is 0. The third-order valence-electron chi connectivity index (χ3n) is 4.25. The van der Waals surface area contributed by atoms with Crippen LogP contribution in [0.5, 0.6) is 0 Å². The smallest absolute Gasteiger partial charge is 0.331 e. The van der Waals surface area contributed by atoms with Crippen LogP contribution in [0.4, 0.5) is 110 Å². The van der Waals surface area contributed by atoms with Gasteiger partial charge in [-0.25, -0.2) is 4.39 Å². The molecule has 1 nitrogen and oxygen atoms in total. The van der Waals surface area contributed by atoms with Crippen molar-refractivity contribution in [3.63, 3.8) is 0 Å². The highest BCUT2D eigenvalue weighted by atomic mass is 19.4. The third-order valence-corrected chi connectivity index (χ3v) is 4.25. The highest BCUT2D eigenvalue weighted by Gasteiger charge is 2.98. The largest absolute Gasteiger partial charge is 0.445 e. The molecule has 0 spiro atoms. The van der Waals surface area contributed by atoms with Crippen LogP contribution in [0.1, 0.15) is 0 Å². The predicted molar refractivity (Wildman–Crippen MR) is 67.0 cm³/mol. The fraction of sp³-hybridized carbons (Fsp3) is 0.846. The molecule has 0 aliphatic rings. The van der Waals surface area contributed by atoms with E-state index in [2.05, 4.69) is 0 Å². The van der Waals surface area contributed by atoms with E-state index in [1.165, 1.54) is 0 Å². The number of aliphatic hydroxyl groups is 1. The van der Waals surface area contributed by atoms with E-state index >= 15 is 0 Å². The predicted octanol–water partition coefficient (Wildman–Crippen LogP) is 8.00. The molecule has 0 rings (SSSR count). The van der Waals surface area contributed by atoms with Gasteiger partial charge in [-0.1, -0.05) is 0 Å². The Bertz CT molecular complexity index is 944. The molecule has 234 valence electrons. The van der Waals surface area contributed by atoms with Crippen molar-refractivity contribution in [3.8, 4) is 0 Å². The molecule has 0 saturated carbocycles. The molecule has 0 atom stereocenters. The minimum Gasteiger partial charge on any atom is -0.331 e. The van der Waals surface area contributed by atoms with Crippen LogP contribution in [0.3, 0.4) is 0 Å². The van der Waals surface area contributed by atoms with Gasteiger partial charge in [-0.3, -0.25) is 0 Å². The van der Waals surface area contributed by atoms with Crippen molar-refractivity contribution in [1.29, 1.82) is 0 Å². The van der Waals surface area contributed by atoms with Crippen molar-refractivity contribution < 1.29 is 115 Å². The van der Waals surface area contributed by atoms with Crippen LogP contribution in [0.2, 0.25) is 0 Å². The van der Waals surface area contributed by atoms with Crippen molar-refractivity contribution in [1.82, 2.24) is 0 Å². The van der Waals surface area contributed by atoms with Crippen molar-refractivity contribution in [3.05, 3.63) is 11.7 Å². The van der Waals surface area contributed by atoms with Gasteiger partial charge >= 0.3 is 65.6 Å². The second-order valence-corrected chi connectivity index (χ2v) is 6.84. The second kappa shape index (κ2) is 8.97. The van der Waals surface area contributed by atoms with Crippen LogP contribution in [0.25, 0.3) is 0 Å². The lowest BCUT2D eigenvalue weighted by molar-refractivity contribution is -0.478. The highest BCUT2D eigenvalue weighted by molar-refractivity contribution is 5.24. The van der Waals surface area contributed by atoms with Gasteiger partial charge in [0.1, 0.15) is 0 Å². The molecule has 1 N–H and O–H groups in total. The van der Waals surface area contributed by atoms with Gasteiger partial charge in [-0.15, -0.1) is 0 Å². The molecule has 0 heterocycles. The molecular weight excluding hydrogens is 647 g/mol. The van der Waals surface area contributed by atoms with Crippen LogP contribution in [0, 0.1) is 0 Å². The van der Waals surface area contributed by atoms with Gasteiger partial charge in [0.15, 0.2) is 0 Å². The van der Waals surface area contributed by atoms with E-state index < -0.39 is 77.2 Å². The first-order valence-electron chi connectivity index (χ1n) is 7.95.